The third-order valence-electron chi connectivity index (χ3n) is 4.40. The minimum Gasteiger partial charge on any atom is -0.497 e. The first-order valence-corrected chi connectivity index (χ1v) is 9.09. The van der Waals surface area contributed by atoms with Gasteiger partial charge in [-0.3, -0.25) is 0 Å². The van der Waals surface area contributed by atoms with Crippen LogP contribution in [0.2, 0.25) is 0 Å². The van der Waals surface area contributed by atoms with Gasteiger partial charge in [-0.05, 0) is 36.2 Å². The van der Waals surface area contributed by atoms with E-state index in [2.05, 4.69) is 10.6 Å². The summed E-state index contributed by atoms with van der Waals surface area (Å²) in [7, 11) is 1.67. The Balaban J connectivity index is 1.54. The van der Waals surface area contributed by atoms with Gasteiger partial charge in [0.25, 0.3) is 0 Å². The molecule has 1 aliphatic rings. The third kappa shape index (κ3) is 5.81. The summed E-state index contributed by atoms with van der Waals surface area (Å²) < 4.78 is 16.0. The Morgan fingerprint density at radius 2 is 2.12 bits per heavy atom. The Bertz CT molecular complexity index is 662. The van der Waals surface area contributed by atoms with Gasteiger partial charge in [0.05, 0.1) is 26.5 Å². The molecule has 140 valence electrons. The zero-order chi connectivity index (χ0) is 18.0. The van der Waals surface area contributed by atoms with Gasteiger partial charge in [0.1, 0.15) is 11.5 Å². The highest BCUT2D eigenvalue weighted by molar-refractivity contribution is 5.79. The molecule has 1 atom stereocenters. The van der Waals surface area contributed by atoms with Crippen molar-refractivity contribution in [1.82, 2.24) is 10.6 Å². The number of ether oxygens (including phenoxy) is 2. The molecule has 0 saturated carbocycles. The van der Waals surface area contributed by atoms with Crippen molar-refractivity contribution in [3.8, 4) is 5.75 Å². The minimum atomic E-state index is 0.549. The smallest absolute Gasteiger partial charge is 0.191 e. The molecular weight excluding hydrogens is 330 g/mol. The number of hydrogen-bond acceptors (Lipinski definition) is 4. The number of hydrogen-bond donors (Lipinski definition) is 2. The summed E-state index contributed by atoms with van der Waals surface area (Å²) in [6, 6.07) is 11.9. The minimum absolute atomic E-state index is 0.549. The van der Waals surface area contributed by atoms with Crippen molar-refractivity contribution >= 4 is 5.96 Å². The molecule has 6 nitrogen and oxygen atoms in total. The van der Waals surface area contributed by atoms with Gasteiger partial charge in [-0.15, -0.1) is 0 Å². The van der Waals surface area contributed by atoms with Crippen molar-refractivity contribution in [3.63, 3.8) is 0 Å². The van der Waals surface area contributed by atoms with Crippen molar-refractivity contribution in [2.75, 3.05) is 33.4 Å². The van der Waals surface area contributed by atoms with E-state index in [4.69, 9.17) is 18.9 Å². The van der Waals surface area contributed by atoms with Crippen LogP contribution in [-0.2, 0) is 17.7 Å². The lowest BCUT2D eigenvalue weighted by Gasteiger charge is -2.15. The van der Waals surface area contributed by atoms with Crippen LogP contribution < -0.4 is 15.4 Å². The molecule has 0 spiro atoms. The van der Waals surface area contributed by atoms with Crippen molar-refractivity contribution in [3.05, 3.63) is 54.0 Å². The summed E-state index contributed by atoms with van der Waals surface area (Å²) in [4.78, 5) is 4.71. The van der Waals surface area contributed by atoms with Crippen LogP contribution in [0.4, 0.5) is 0 Å². The van der Waals surface area contributed by atoms with E-state index in [-0.39, 0.29) is 0 Å². The van der Waals surface area contributed by atoms with E-state index in [1.54, 1.807) is 13.4 Å². The molecule has 0 aliphatic carbocycles. The lowest BCUT2D eigenvalue weighted by Crippen LogP contribution is -2.40. The van der Waals surface area contributed by atoms with E-state index >= 15 is 0 Å². The largest absolute Gasteiger partial charge is 0.497 e. The van der Waals surface area contributed by atoms with E-state index in [0.717, 1.165) is 62.2 Å². The van der Waals surface area contributed by atoms with E-state index in [1.165, 1.54) is 0 Å². The van der Waals surface area contributed by atoms with Gasteiger partial charge in [0.15, 0.2) is 5.96 Å². The lowest BCUT2D eigenvalue weighted by molar-refractivity contribution is 0.186. The number of nitrogens with zero attached hydrogens (tertiary/aromatic N) is 1. The first-order chi connectivity index (χ1) is 12.8. The van der Waals surface area contributed by atoms with Gasteiger partial charge in [0.2, 0.25) is 0 Å². The Hall–Kier alpha value is -2.47. The Morgan fingerprint density at radius 3 is 2.81 bits per heavy atom. The second-order valence-electron chi connectivity index (χ2n) is 6.38. The summed E-state index contributed by atoms with van der Waals surface area (Å²) in [6.07, 6.45) is 3.63. The van der Waals surface area contributed by atoms with Crippen molar-refractivity contribution in [1.29, 1.82) is 0 Å². The maximum atomic E-state index is 5.45. The molecule has 26 heavy (non-hydrogen) atoms. The fraction of sp³-hybridized carbons (Fsp3) is 0.450. The maximum absolute atomic E-state index is 5.45. The van der Waals surface area contributed by atoms with Crippen LogP contribution in [0.3, 0.4) is 0 Å². The van der Waals surface area contributed by atoms with E-state index in [0.29, 0.717) is 12.5 Å². The summed E-state index contributed by atoms with van der Waals surface area (Å²) in [5.74, 6) is 3.19. The van der Waals surface area contributed by atoms with Gasteiger partial charge >= 0.3 is 0 Å². The normalized spacial score (nSPS) is 17.3. The van der Waals surface area contributed by atoms with Crippen molar-refractivity contribution < 1.29 is 13.9 Å². The molecule has 0 radical (unpaired) electrons. The summed E-state index contributed by atoms with van der Waals surface area (Å²) >= 11 is 0. The Morgan fingerprint density at radius 1 is 1.23 bits per heavy atom. The van der Waals surface area contributed by atoms with Gasteiger partial charge in [-0.2, -0.15) is 0 Å². The molecule has 1 saturated heterocycles. The van der Waals surface area contributed by atoms with Crippen LogP contribution in [0, 0.1) is 5.92 Å². The molecule has 1 aromatic heterocycles. The van der Waals surface area contributed by atoms with Crippen LogP contribution in [0.25, 0.3) is 0 Å². The number of nitrogens with one attached hydrogen (secondary N) is 2. The molecule has 2 heterocycles. The highest BCUT2D eigenvalue weighted by Crippen LogP contribution is 2.12. The van der Waals surface area contributed by atoms with Crippen LogP contribution in [0.1, 0.15) is 17.7 Å². The quantitative estimate of drug-likeness (QED) is 0.561. The lowest BCUT2D eigenvalue weighted by atomic mass is 10.1. The van der Waals surface area contributed by atoms with E-state index < -0.39 is 0 Å². The molecule has 0 amide bonds. The second kappa shape index (κ2) is 9.87. The summed E-state index contributed by atoms with van der Waals surface area (Å²) in [5, 5.41) is 6.83. The van der Waals surface area contributed by atoms with Gasteiger partial charge < -0.3 is 24.5 Å². The first-order valence-electron chi connectivity index (χ1n) is 9.09. The van der Waals surface area contributed by atoms with Crippen LogP contribution in [0.15, 0.2) is 52.1 Å². The van der Waals surface area contributed by atoms with Crippen LogP contribution >= 0.6 is 0 Å². The van der Waals surface area contributed by atoms with Crippen molar-refractivity contribution in [2.24, 2.45) is 10.9 Å². The monoisotopic (exact) mass is 357 g/mol. The average molecular weight is 357 g/mol. The highest BCUT2D eigenvalue weighted by atomic mass is 16.5. The summed E-state index contributed by atoms with van der Waals surface area (Å²) in [5.41, 5.74) is 1.14. The van der Waals surface area contributed by atoms with Gasteiger partial charge in [0, 0.05) is 32.0 Å². The molecule has 3 rings (SSSR count). The molecule has 2 aromatic rings. The first kappa shape index (κ1) is 18.3. The van der Waals surface area contributed by atoms with E-state index in [9.17, 15) is 0 Å². The topological polar surface area (TPSA) is 68.0 Å². The SMILES string of the molecule is COc1ccc(CN=C(NCCc2ccco2)NCC2CCOC2)cc1. The standard InChI is InChI=1S/C20H27N3O3/c1-24-18-6-4-16(5-7-18)13-22-20(23-14-17-9-12-25-15-17)21-10-8-19-3-2-11-26-19/h2-7,11,17H,8-10,12-15H2,1H3,(H2,21,22,23). The molecule has 0 bridgehead atoms. The number of guanidine groups is 1. The fourth-order valence-electron chi connectivity index (χ4n) is 2.82. The number of furan rings is 1. The molecule has 1 aliphatic heterocycles. The molecule has 6 heteroatoms. The average Bonchev–Trinajstić information content (AvgIpc) is 3.38. The second-order valence-corrected chi connectivity index (χ2v) is 6.38. The Kier molecular flexibility index (Phi) is 6.96. The molecule has 1 unspecified atom stereocenters. The number of rotatable bonds is 8. The maximum Gasteiger partial charge on any atom is 0.191 e. The highest BCUT2D eigenvalue weighted by Gasteiger charge is 2.15. The van der Waals surface area contributed by atoms with Gasteiger partial charge in [-0.25, -0.2) is 4.99 Å². The zero-order valence-electron chi connectivity index (χ0n) is 15.2. The fourth-order valence-corrected chi connectivity index (χ4v) is 2.82. The van der Waals surface area contributed by atoms with Crippen LogP contribution in [-0.4, -0.2) is 39.4 Å². The number of benzene rings is 1. The zero-order valence-corrected chi connectivity index (χ0v) is 15.2. The molecule has 1 fully saturated rings. The third-order valence-corrected chi connectivity index (χ3v) is 4.40. The Labute approximate surface area is 154 Å². The predicted molar refractivity (Wildman–Crippen MR) is 101 cm³/mol. The van der Waals surface area contributed by atoms with E-state index in [1.807, 2.05) is 36.4 Å². The molecular formula is C20H27N3O3. The number of aliphatic imine (C=N–C) groups is 1. The van der Waals surface area contributed by atoms with Gasteiger partial charge in [-0.1, -0.05) is 12.1 Å². The molecule has 1 aromatic carbocycles. The summed E-state index contributed by atoms with van der Waals surface area (Å²) in [6.45, 7) is 3.93. The molecule has 2 N–H and O–H groups in total. The predicted octanol–water partition coefficient (Wildman–Crippen LogP) is 2.60. The van der Waals surface area contributed by atoms with Crippen molar-refractivity contribution in [2.45, 2.75) is 19.4 Å². The number of methoxy groups -OCH3 is 1. The van der Waals surface area contributed by atoms with Crippen LogP contribution in [0.5, 0.6) is 5.75 Å².